The number of anilines is 1. The summed E-state index contributed by atoms with van der Waals surface area (Å²) in [6.45, 7) is 0.326. The van der Waals surface area contributed by atoms with Gasteiger partial charge in [0.15, 0.2) is 0 Å². The lowest BCUT2D eigenvalue weighted by Crippen LogP contribution is -2.34. The molecule has 0 bridgehead atoms. The molecule has 7 nitrogen and oxygen atoms in total. The van der Waals surface area contributed by atoms with E-state index in [-0.39, 0.29) is 11.4 Å². The van der Waals surface area contributed by atoms with Crippen LogP contribution in [0.2, 0.25) is 0 Å². The summed E-state index contributed by atoms with van der Waals surface area (Å²) in [6.07, 6.45) is -1.00. The maximum Gasteiger partial charge on any atom is 0.415 e. The lowest BCUT2D eigenvalue weighted by Gasteiger charge is -2.11. The first kappa shape index (κ1) is 16.7. The summed E-state index contributed by atoms with van der Waals surface area (Å²) in [6, 6.07) is 9.72. The van der Waals surface area contributed by atoms with Crippen LogP contribution in [0.5, 0.6) is 5.75 Å². The normalized spacial score (nSPS) is 17.8. The van der Waals surface area contributed by atoms with Crippen LogP contribution in [0.1, 0.15) is 0 Å². The Balaban J connectivity index is 1.62. The van der Waals surface area contributed by atoms with Crippen molar-refractivity contribution in [3.05, 3.63) is 41.8 Å². The van der Waals surface area contributed by atoms with Gasteiger partial charge in [0.1, 0.15) is 16.9 Å². The summed E-state index contributed by atoms with van der Waals surface area (Å²) < 4.78 is 37.2. The molecule has 1 aliphatic heterocycles. The molecule has 1 aromatic carbocycles. The fraction of sp³-hybridized carbons (Fsp3) is 0.267. The number of sulfonamides is 1. The predicted octanol–water partition coefficient (Wildman–Crippen LogP) is 2.06. The van der Waals surface area contributed by atoms with Crippen molar-refractivity contribution in [1.29, 1.82) is 0 Å². The zero-order valence-electron chi connectivity index (χ0n) is 12.8. The smallest absolute Gasteiger partial charge is 0.415 e. The second-order valence-corrected chi connectivity index (χ2v) is 7.79. The number of rotatable bonds is 6. The van der Waals surface area contributed by atoms with Gasteiger partial charge in [0.25, 0.3) is 0 Å². The molecule has 1 saturated heterocycles. The second kappa shape index (κ2) is 6.80. The lowest BCUT2D eigenvalue weighted by atomic mass is 10.3. The highest BCUT2D eigenvalue weighted by Gasteiger charge is 2.33. The largest absolute Gasteiger partial charge is 0.497 e. The molecule has 2 heterocycles. The molecule has 1 fully saturated rings. The van der Waals surface area contributed by atoms with Crippen molar-refractivity contribution in [2.24, 2.45) is 0 Å². The second-order valence-electron chi connectivity index (χ2n) is 5.10. The molecule has 1 amide bonds. The van der Waals surface area contributed by atoms with Gasteiger partial charge in [-0.15, -0.1) is 11.3 Å². The quantitative estimate of drug-likeness (QED) is 0.844. The Morgan fingerprint density at radius 1 is 1.33 bits per heavy atom. The molecule has 128 valence electrons. The van der Waals surface area contributed by atoms with Crippen molar-refractivity contribution in [1.82, 2.24) is 4.72 Å². The molecule has 1 atom stereocenters. The molecule has 1 unspecified atom stereocenters. The van der Waals surface area contributed by atoms with Gasteiger partial charge in [0.2, 0.25) is 10.0 Å². The number of ether oxygens (including phenoxy) is 2. The van der Waals surface area contributed by atoms with E-state index in [1.807, 2.05) is 17.5 Å². The molecule has 0 radical (unpaired) electrons. The molecule has 3 rings (SSSR count). The van der Waals surface area contributed by atoms with E-state index in [2.05, 4.69) is 4.72 Å². The van der Waals surface area contributed by atoms with Gasteiger partial charge in [-0.3, -0.25) is 4.90 Å². The third-order valence-corrected chi connectivity index (χ3v) is 5.85. The number of benzene rings is 1. The molecule has 0 aliphatic carbocycles. The number of hydrogen-bond donors (Lipinski definition) is 1. The van der Waals surface area contributed by atoms with Gasteiger partial charge in [-0.1, -0.05) is 0 Å². The molecule has 0 saturated carbocycles. The number of hydrogen-bond acceptors (Lipinski definition) is 6. The fourth-order valence-electron chi connectivity index (χ4n) is 2.27. The van der Waals surface area contributed by atoms with E-state index >= 15 is 0 Å². The van der Waals surface area contributed by atoms with Gasteiger partial charge in [0.05, 0.1) is 18.6 Å². The number of amides is 1. The number of nitrogens with zero attached hydrogens (tertiary/aromatic N) is 1. The number of carbonyl (C=O) groups is 1. The molecular weight excluding hydrogens is 352 g/mol. The minimum absolute atomic E-state index is 0.0159. The van der Waals surface area contributed by atoms with E-state index in [4.69, 9.17) is 9.47 Å². The van der Waals surface area contributed by atoms with Crippen LogP contribution in [0.3, 0.4) is 0 Å². The molecule has 24 heavy (non-hydrogen) atoms. The first-order chi connectivity index (χ1) is 11.5. The van der Waals surface area contributed by atoms with Crippen LogP contribution in [-0.2, 0) is 14.8 Å². The van der Waals surface area contributed by atoms with Gasteiger partial charge >= 0.3 is 6.09 Å². The Hall–Kier alpha value is -2.10. The number of thiophene rings is 1. The van der Waals surface area contributed by atoms with Gasteiger partial charge in [0, 0.05) is 6.54 Å². The molecule has 1 N–H and O–H groups in total. The third-order valence-electron chi connectivity index (χ3n) is 3.52. The van der Waals surface area contributed by atoms with Crippen molar-refractivity contribution >= 4 is 32.5 Å². The van der Waals surface area contributed by atoms with Crippen LogP contribution in [0.25, 0.3) is 0 Å². The average Bonchev–Trinajstić information content (AvgIpc) is 3.22. The SMILES string of the molecule is COc1ccc(S(=O)(=O)NCC2CN(c3cccs3)C(=O)O2)cc1. The van der Waals surface area contributed by atoms with Crippen LogP contribution in [0, 0.1) is 0 Å². The minimum atomic E-state index is -3.67. The summed E-state index contributed by atoms with van der Waals surface area (Å²) >= 11 is 1.42. The highest BCUT2D eigenvalue weighted by molar-refractivity contribution is 7.89. The average molecular weight is 368 g/mol. The highest BCUT2D eigenvalue weighted by Crippen LogP contribution is 2.26. The Morgan fingerprint density at radius 2 is 2.08 bits per heavy atom. The van der Waals surface area contributed by atoms with Crippen LogP contribution >= 0.6 is 11.3 Å². The number of carbonyl (C=O) groups excluding carboxylic acids is 1. The van der Waals surface area contributed by atoms with Crippen LogP contribution < -0.4 is 14.4 Å². The topological polar surface area (TPSA) is 84.9 Å². The van der Waals surface area contributed by atoms with E-state index in [0.717, 1.165) is 5.00 Å². The molecule has 1 aliphatic rings. The maximum absolute atomic E-state index is 12.3. The summed E-state index contributed by atoms with van der Waals surface area (Å²) in [4.78, 5) is 13.5. The van der Waals surface area contributed by atoms with Gasteiger partial charge < -0.3 is 9.47 Å². The summed E-state index contributed by atoms with van der Waals surface area (Å²) in [5.74, 6) is 0.574. The molecule has 9 heteroatoms. The molecule has 2 aromatic rings. The van der Waals surface area contributed by atoms with E-state index in [0.29, 0.717) is 12.3 Å². The molecule has 0 spiro atoms. The van der Waals surface area contributed by atoms with Crippen molar-refractivity contribution in [2.45, 2.75) is 11.0 Å². The van der Waals surface area contributed by atoms with Gasteiger partial charge in [-0.05, 0) is 41.8 Å². The summed E-state index contributed by atoms with van der Waals surface area (Å²) in [5.41, 5.74) is 0. The first-order valence-corrected chi connectivity index (χ1v) is 9.51. The number of cyclic esters (lactones) is 1. The zero-order chi connectivity index (χ0) is 17.2. The van der Waals surface area contributed by atoms with Crippen LogP contribution in [-0.4, -0.2) is 40.8 Å². The van der Waals surface area contributed by atoms with Gasteiger partial charge in [-0.25, -0.2) is 17.9 Å². The predicted molar refractivity (Wildman–Crippen MR) is 90.1 cm³/mol. The Labute approximate surface area is 143 Å². The number of nitrogens with one attached hydrogen (secondary N) is 1. The van der Waals surface area contributed by atoms with Crippen molar-refractivity contribution in [2.75, 3.05) is 25.1 Å². The Morgan fingerprint density at radius 3 is 2.71 bits per heavy atom. The van der Waals surface area contributed by atoms with Gasteiger partial charge in [-0.2, -0.15) is 0 Å². The van der Waals surface area contributed by atoms with E-state index in [1.54, 1.807) is 12.1 Å². The van der Waals surface area contributed by atoms with E-state index in [1.165, 1.54) is 35.5 Å². The highest BCUT2D eigenvalue weighted by atomic mass is 32.2. The Bertz CT molecular complexity index is 803. The Kier molecular flexibility index (Phi) is 4.74. The summed E-state index contributed by atoms with van der Waals surface area (Å²) in [7, 11) is -2.16. The van der Waals surface area contributed by atoms with E-state index < -0.39 is 22.2 Å². The lowest BCUT2D eigenvalue weighted by molar-refractivity contribution is 0.143. The van der Waals surface area contributed by atoms with Crippen molar-refractivity contribution in [3.63, 3.8) is 0 Å². The first-order valence-electron chi connectivity index (χ1n) is 7.15. The molecule has 1 aromatic heterocycles. The standard InChI is InChI=1S/C15H16N2O5S2/c1-21-11-4-6-13(7-5-11)24(19,20)16-9-12-10-17(15(18)22-12)14-3-2-8-23-14/h2-8,12,16H,9-10H2,1H3. The summed E-state index contributed by atoms with van der Waals surface area (Å²) in [5, 5.41) is 2.64. The fourth-order valence-corrected chi connectivity index (χ4v) is 4.07. The molecular formula is C15H16N2O5S2. The van der Waals surface area contributed by atoms with Crippen molar-refractivity contribution in [3.8, 4) is 5.75 Å². The van der Waals surface area contributed by atoms with Crippen LogP contribution in [0.15, 0.2) is 46.7 Å². The van der Waals surface area contributed by atoms with E-state index in [9.17, 15) is 13.2 Å². The minimum Gasteiger partial charge on any atom is -0.497 e. The zero-order valence-corrected chi connectivity index (χ0v) is 14.5. The van der Waals surface area contributed by atoms with Crippen LogP contribution in [0.4, 0.5) is 9.80 Å². The maximum atomic E-state index is 12.3. The monoisotopic (exact) mass is 368 g/mol. The number of methoxy groups -OCH3 is 1. The third kappa shape index (κ3) is 3.53. The van der Waals surface area contributed by atoms with Crippen molar-refractivity contribution < 1.29 is 22.7 Å².